The fourth-order valence-electron chi connectivity index (χ4n) is 1.94. The topological polar surface area (TPSA) is 17.1 Å². The summed E-state index contributed by atoms with van der Waals surface area (Å²) in [5.41, 5.74) is 3.20. The van der Waals surface area contributed by atoms with Crippen molar-refractivity contribution in [2.45, 2.75) is 13.8 Å². The number of benzene rings is 2. The van der Waals surface area contributed by atoms with Crippen LogP contribution in [0.15, 0.2) is 39.0 Å². The second-order valence-corrected chi connectivity index (χ2v) is 9.45. The lowest BCUT2D eigenvalue weighted by molar-refractivity contribution is 0.103. The number of aryl methyl sites for hydroxylation is 2. The van der Waals surface area contributed by atoms with Gasteiger partial charge in [-0.3, -0.25) is 4.79 Å². The van der Waals surface area contributed by atoms with E-state index in [0.717, 1.165) is 38.0 Å². The van der Waals surface area contributed by atoms with Gasteiger partial charge in [0.15, 0.2) is 5.78 Å². The molecule has 116 valence electrons. The van der Waals surface area contributed by atoms with Gasteiger partial charge in [-0.25, -0.2) is 0 Å². The first-order valence-corrected chi connectivity index (χ1v) is 10.8. The number of ketones is 1. The molecule has 0 spiro atoms. The van der Waals surface area contributed by atoms with Crippen LogP contribution in [0.1, 0.15) is 27.0 Å². The molecule has 0 radical (unpaired) electrons. The molecule has 2 aromatic carbocycles. The zero-order chi connectivity index (χ0) is 16.8. The molecule has 0 aliphatic rings. The highest BCUT2D eigenvalue weighted by Gasteiger charge is 2.22. The van der Waals surface area contributed by atoms with Crippen molar-refractivity contribution >= 4 is 101 Å². The molecule has 0 aliphatic heterocycles. The lowest BCUT2D eigenvalue weighted by Gasteiger charge is -2.13. The first-order valence-electron chi connectivity index (χ1n) is 5.99. The molecule has 0 fully saturated rings. The molecule has 0 amide bonds. The Balaban J connectivity index is 2.69. The van der Waals surface area contributed by atoms with Crippen LogP contribution in [0.2, 0.25) is 0 Å². The number of rotatable bonds is 2. The number of carbonyl (C=O) groups excluding carboxylic acids is 1. The summed E-state index contributed by atoms with van der Waals surface area (Å²) in [5.74, 6) is -0.0497. The smallest absolute Gasteiger partial charge is 0.195 e. The SMILES string of the molecule is Cc1cc(C(=O)c2cc(C)c(Br)c(Br)c2Br)c(Br)c(Br)c1Br. The van der Waals surface area contributed by atoms with Gasteiger partial charge in [0.2, 0.25) is 0 Å². The largest absolute Gasteiger partial charge is 0.289 e. The van der Waals surface area contributed by atoms with Gasteiger partial charge < -0.3 is 0 Å². The molecule has 1 nitrogen and oxygen atoms in total. The van der Waals surface area contributed by atoms with Crippen LogP contribution in [0.5, 0.6) is 0 Å². The van der Waals surface area contributed by atoms with Gasteiger partial charge in [0.25, 0.3) is 0 Å². The van der Waals surface area contributed by atoms with Crippen molar-refractivity contribution in [3.05, 3.63) is 61.2 Å². The highest BCUT2D eigenvalue weighted by molar-refractivity contribution is 9.15. The van der Waals surface area contributed by atoms with E-state index in [1.165, 1.54) is 0 Å². The Kier molecular flexibility index (Phi) is 6.57. The van der Waals surface area contributed by atoms with Crippen molar-refractivity contribution in [1.29, 1.82) is 0 Å². The van der Waals surface area contributed by atoms with Crippen LogP contribution in [0.25, 0.3) is 0 Å². The Labute approximate surface area is 179 Å². The molecular formula is C15H8Br6O. The maximum Gasteiger partial charge on any atom is 0.195 e. The van der Waals surface area contributed by atoms with Crippen molar-refractivity contribution < 1.29 is 4.79 Å². The number of halogens is 6. The van der Waals surface area contributed by atoms with E-state index in [2.05, 4.69) is 95.6 Å². The average Bonchev–Trinajstić information content (AvgIpc) is 2.49. The standard InChI is InChI=1S/C15H8Br6O/c1-5-3-7(11(18)13(20)9(5)16)15(22)8-4-6(2)10(17)14(21)12(8)19/h3-4H,1-2H3. The molecule has 0 saturated heterocycles. The van der Waals surface area contributed by atoms with Gasteiger partial charge in [-0.2, -0.15) is 0 Å². The molecule has 0 bridgehead atoms. The summed E-state index contributed by atoms with van der Waals surface area (Å²) in [6.45, 7) is 3.91. The summed E-state index contributed by atoms with van der Waals surface area (Å²) >= 11 is 21.0. The Morgan fingerprint density at radius 3 is 1.27 bits per heavy atom. The predicted octanol–water partition coefficient (Wildman–Crippen LogP) is 8.11. The van der Waals surface area contributed by atoms with Crippen molar-refractivity contribution in [3.63, 3.8) is 0 Å². The lowest BCUT2D eigenvalue weighted by atomic mass is 10.0. The van der Waals surface area contributed by atoms with E-state index < -0.39 is 0 Å². The zero-order valence-corrected chi connectivity index (χ0v) is 20.8. The third-order valence-electron chi connectivity index (χ3n) is 3.15. The molecule has 0 heterocycles. The van der Waals surface area contributed by atoms with Gasteiger partial charge in [0, 0.05) is 38.0 Å². The normalized spacial score (nSPS) is 10.9. The van der Waals surface area contributed by atoms with Crippen LogP contribution < -0.4 is 0 Å². The van der Waals surface area contributed by atoms with E-state index >= 15 is 0 Å². The summed E-state index contributed by atoms with van der Waals surface area (Å²) < 4.78 is 5.00. The van der Waals surface area contributed by atoms with Crippen LogP contribution >= 0.6 is 95.6 Å². The fourth-order valence-corrected chi connectivity index (χ4v) is 5.13. The van der Waals surface area contributed by atoms with Gasteiger partial charge in [-0.05, 0) is 133 Å². The van der Waals surface area contributed by atoms with Gasteiger partial charge in [0.05, 0.1) is 0 Å². The summed E-state index contributed by atoms with van der Waals surface area (Å²) in [7, 11) is 0. The molecule has 0 N–H and O–H groups in total. The summed E-state index contributed by atoms with van der Waals surface area (Å²) in [5, 5.41) is 0. The van der Waals surface area contributed by atoms with Crippen LogP contribution in [0.3, 0.4) is 0 Å². The molecule has 0 aliphatic carbocycles. The van der Waals surface area contributed by atoms with Gasteiger partial charge in [-0.15, -0.1) is 0 Å². The lowest BCUT2D eigenvalue weighted by Crippen LogP contribution is -2.06. The predicted molar refractivity (Wildman–Crippen MR) is 112 cm³/mol. The molecule has 2 aromatic rings. The molecule has 22 heavy (non-hydrogen) atoms. The van der Waals surface area contributed by atoms with Gasteiger partial charge >= 0.3 is 0 Å². The Morgan fingerprint density at radius 1 is 0.636 bits per heavy atom. The van der Waals surface area contributed by atoms with Crippen molar-refractivity contribution in [3.8, 4) is 0 Å². The minimum absolute atomic E-state index is 0.0497. The Bertz CT molecular complexity index is 732. The summed E-state index contributed by atoms with van der Waals surface area (Å²) in [6, 6.07) is 3.75. The van der Waals surface area contributed by atoms with Gasteiger partial charge in [-0.1, -0.05) is 0 Å². The van der Waals surface area contributed by atoms with E-state index in [1.54, 1.807) is 0 Å². The molecule has 7 heteroatoms. The molecule has 0 unspecified atom stereocenters. The average molecular weight is 684 g/mol. The maximum absolute atomic E-state index is 13.0. The Morgan fingerprint density at radius 2 is 0.955 bits per heavy atom. The van der Waals surface area contributed by atoms with E-state index in [0.29, 0.717) is 11.1 Å². The molecule has 0 aromatic heterocycles. The second kappa shape index (κ2) is 7.48. The number of carbonyl (C=O) groups is 1. The summed E-state index contributed by atoms with van der Waals surface area (Å²) in [6.07, 6.45) is 0. The third kappa shape index (κ3) is 3.49. The van der Waals surface area contributed by atoms with Crippen molar-refractivity contribution in [2.24, 2.45) is 0 Å². The maximum atomic E-state index is 13.0. The van der Waals surface area contributed by atoms with E-state index in [1.807, 2.05) is 26.0 Å². The van der Waals surface area contributed by atoms with E-state index in [9.17, 15) is 4.79 Å². The van der Waals surface area contributed by atoms with Crippen molar-refractivity contribution in [2.75, 3.05) is 0 Å². The van der Waals surface area contributed by atoms with Crippen LogP contribution in [-0.2, 0) is 0 Å². The Hall–Kier alpha value is 0.990. The fraction of sp³-hybridized carbons (Fsp3) is 0.133. The van der Waals surface area contributed by atoms with E-state index in [-0.39, 0.29) is 5.78 Å². The monoisotopic (exact) mass is 678 g/mol. The summed E-state index contributed by atoms with van der Waals surface area (Å²) in [4.78, 5) is 13.0. The molecule has 0 atom stereocenters. The molecule has 0 saturated carbocycles. The van der Waals surface area contributed by atoms with Crippen LogP contribution in [0, 0.1) is 13.8 Å². The minimum atomic E-state index is -0.0497. The molecule has 2 rings (SSSR count). The highest BCUT2D eigenvalue weighted by Crippen LogP contribution is 2.40. The first-order chi connectivity index (χ1) is 10.2. The molecular weight excluding hydrogens is 676 g/mol. The second-order valence-electron chi connectivity index (χ2n) is 4.70. The van der Waals surface area contributed by atoms with E-state index in [4.69, 9.17) is 0 Å². The minimum Gasteiger partial charge on any atom is -0.289 e. The van der Waals surface area contributed by atoms with Crippen molar-refractivity contribution in [1.82, 2.24) is 0 Å². The third-order valence-corrected chi connectivity index (χ3v) is 10.6. The quantitative estimate of drug-likeness (QED) is 0.231. The van der Waals surface area contributed by atoms with Crippen LogP contribution in [-0.4, -0.2) is 5.78 Å². The first kappa shape index (κ1) is 19.3. The zero-order valence-electron chi connectivity index (χ0n) is 11.3. The van der Waals surface area contributed by atoms with Gasteiger partial charge in [0.1, 0.15) is 0 Å². The van der Waals surface area contributed by atoms with Crippen LogP contribution in [0.4, 0.5) is 0 Å². The highest BCUT2D eigenvalue weighted by atomic mass is 79.9. The number of hydrogen-bond donors (Lipinski definition) is 0. The number of hydrogen-bond acceptors (Lipinski definition) is 1.